The van der Waals surface area contributed by atoms with E-state index in [9.17, 15) is 4.79 Å². The summed E-state index contributed by atoms with van der Waals surface area (Å²) in [6.45, 7) is 2.34. The maximum absolute atomic E-state index is 12.6. The molecule has 0 spiro atoms. The lowest BCUT2D eigenvalue weighted by atomic mass is 10.1. The molecule has 1 atom stereocenters. The molecule has 0 saturated carbocycles. The van der Waals surface area contributed by atoms with Crippen molar-refractivity contribution in [2.75, 3.05) is 20.1 Å². The summed E-state index contributed by atoms with van der Waals surface area (Å²) in [5.41, 5.74) is 1.78. The van der Waals surface area contributed by atoms with Gasteiger partial charge in [-0.2, -0.15) is 0 Å². The minimum atomic E-state index is 0.0452. The molecule has 1 aliphatic heterocycles. The van der Waals surface area contributed by atoms with Crippen LogP contribution in [0, 0.1) is 0 Å². The average Bonchev–Trinajstić information content (AvgIpc) is 3.14. The van der Waals surface area contributed by atoms with Gasteiger partial charge in [0, 0.05) is 25.2 Å². The van der Waals surface area contributed by atoms with Crippen LogP contribution in [0.15, 0.2) is 54.6 Å². The largest absolute Gasteiger partial charge is 0.489 e. The number of hydrogen-bond donors (Lipinski definition) is 1. The van der Waals surface area contributed by atoms with E-state index in [0.717, 1.165) is 30.8 Å². The zero-order valence-electron chi connectivity index (χ0n) is 13.4. The molecule has 2 aromatic rings. The van der Waals surface area contributed by atoms with Gasteiger partial charge >= 0.3 is 0 Å². The molecule has 3 rings (SSSR count). The van der Waals surface area contributed by atoms with Crippen LogP contribution in [-0.2, 0) is 6.61 Å². The topological polar surface area (TPSA) is 41.6 Å². The monoisotopic (exact) mass is 310 g/mol. The Kier molecular flexibility index (Phi) is 4.93. The number of carbonyl (C=O) groups is 1. The predicted octanol–water partition coefficient (Wildman–Crippen LogP) is 2.70. The number of likely N-dealkylation sites (N-methyl/N-ethyl adjacent to an activating group) is 1. The molecule has 23 heavy (non-hydrogen) atoms. The summed E-state index contributed by atoms with van der Waals surface area (Å²) in [4.78, 5) is 14.4. The Balaban J connectivity index is 1.65. The Bertz CT molecular complexity index is 651. The van der Waals surface area contributed by atoms with Crippen molar-refractivity contribution < 1.29 is 9.53 Å². The lowest BCUT2D eigenvalue weighted by Gasteiger charge is -2.24. The molecule has 1 heterocycles. The first kappa shape index (κ1) is 15.6. The number of hydrogen-bond acceptors (Lipinski definition) is 3. The average molecular weight is 310 g/mol. The third-order valence-electron chi connectivity index (χ3n) is 4.23. The number of nitrogens with zero attached hydrogens (tertiary/aromatic N) is 1. The molecule has 4 nitrogen and oxygen atoms in total. The first-order chi connectivity index (χ1) is 11.2. The lowest BCUT2D eigenvalue weighted by Crippen LogP contribution is -2.38. The molecule has 0 bridgehead atoms. The van der Waals surface area contributed by atoms with E-state index in [1.807, 2.05) is 66.5 Å². The molecule has 4 heteroatoms. The number of amides is 1. The van der Waals surface area contributed by atoms with Gasteiger partial charge in [0.2, 0.25) is 0 Å². The van der Waals surface area contributed by atoms with Gasteiger partial charge in [-0.25, -0.2) is 0 Å². The van der Waals surface area contributed by atoms with Crippen LogP contribution in [0.4, 0.5) is 0 Å². The SMILES string of the molecule is CN(C(=O)c1cccc(OCc2ccccc2)c1)[C@@H]1CCNC1. The van der Waals surface area contributed by atoms with Crippen LogP contribution in [0.1, 0.15) is 22.3 Å². The Hall–Kier alpha value is -2.33. The van der Waals surface area contributed by atoms with Gasteiger partial charge in [-0.3, -0.25) is 4.79 Å². The number of nitrogens with one attached hydrogen (secondary N) is 1. The fourth-order valence-electron chi connectivity index (χ4n) is 2.80. The molecule has 1 aliphatic rings. The Morgan fingerprint density at radius 1 is 1.22 bits per heavy atom. The second-order valence-electron chi connectivity index (χ2n) is 5.86. The van der Waals surface area contributed by atoms with Crippen molar-refractivity contribution >= 4 is 5.91 Å². The number of carbonyl (C=O) groups excluding carboxylic acids is 1. The van der Waals surface area contributed by atoms with Gasteiger partial charge in [-0.1, -0.05) is 36.4 Å². The molecule has 1 amide bonds. The second kappa shape index (κ2) is 7.29. The van der Waals surface area contributed by atoms with E-state index < -0.39 is 0 Å². The Morgan fingerprint density at radius 3 is 2.78 bits per heavy atom. The normalized spacial score (nSPS) is 17.0. The van der Waals surface area contributed by atoms with Gasteiger partial charge in [-0.05, 0) is 36.7 Å². The van der Waals surface area contributed by atoms with E-state index in [1.54, 1.807) is 0 Å². The van der Waals surface area contributed by atoms with Gasteiger partial charge < -0.3 is 15.0 Å². The molecule has 0 aromatic heterocycles. The molecule has 1 N–H and O–H groups in total. The summed E-state index contributed by atoms with van der Waals surface area (Å²) < 4.78 is 5.81. The van der Waals surface area contributed by atoms with Crippen molar-refractivity contribution in [3.8, 4) is 5.75 Å². The molecule has 2 aromatic carbocycles. The highest BCUT2D eigenvalue weighted by Gasteiger charge is 2.24. The first-order valence-corrected chi connectivity index (χ1v) is 7.99. The summed E-state index contributed by atoms with van der Waals surface area (Å²) in [5.74, 6) is 0.765. The highest BCUT2D eigenvalue weighted by atomic mass is 16.5. The fraction of sp³-hybridized carbons (Fsp3) is 0.316. The van der Waals surface area contributed by atoms with Crippen LogP contribution in [0.3, 0.4) is 0 Å². The predicted molar refractivity (Wildman–Crippen MR) is 90.6 cm³/mol. The second-order valence-corrected chi connectivity index (χ2v) is 5.86. The van der Waals surface area contributed by atoms with Gasteiger partial charge in [0.05, 0.1) is 0 Å². The van der Waals surface area contributed by atoms with E-state index >= 15 is 0 Å². The smallest absolute Gasteiger partial charge is 0.254 e. The molecule has 120 valence electrons. The molecule has 0 unspecified atom stereocenters. The highest BCUT2D eigenvalue weighted by Crippen LogP contribution is 2.18. The number of benzene rings is 2. The van der Waals surface area contributed by atoms with Crippen LogP contribution < -0.4 is 10.1 Å². The van der Waals surface area contributed by atoms with E-state index in [-0.39, 0.29) is 11.9 Å². The lowest BCUT2D eigenvalue weighted by molar-refractivity contribution is 0.0743. The fourth-order valence-corrected chi connectivity index (χ4v) is 2.80. The summed E-state index contributed by atoms with van der Waals surface area (Å²) in [6.07, 6.45) is 1.01. The van der Waals surface area contributed by atoms with E-state index in [4.69, 9.17) is 4.74 Å². The Morgan fingerprint density at radius 2 is 2.04 bits per heavy atom. The number of rotatable bonds is 5. The molecule has 1 saturated heterocycles. The minimum Gasteiger partial charge on any atom is -0.489 e. The summed E-state index contributed by atoms with van der Waals surface area (Å²) in [6, 6.07) is 17.7. The van der Waals surface area contributed by atoms with Crippen LogP contribution in [0.2, 0.25) is 0 Å². The van der Waals surface area contributed by atoms with Crippen LogP contribution >= 0.6 is 0 Å². The summed E-state index contributed by atoms with van der Waals surface area (Å²) >= 11 is 0. The Labute approximate surface area is 137 Å². The summed E-state index contributed by atoms with van der Waals surface area (Å²) in [5, 5.41) is 3.29. The van der Waals surface area contributed by atoms with Crippen molar-refractivity contribution in [3.63, 3.8) is 0 Å². The molecular formula is C19H22N2O2. The summed E-state index contributed by atoms with van der Waals surface area (Å²) in [7, 11) is 1.87. The van der Waals surface area contributed by atoms with Crippen LogP contribution in [0.5, 0.6) is 5.75 Å². The molecular weight excluding hydrogens is 288 g/mol. The quantitative estimate of drug-likeness (QED) is 0.923. The molecule has 0 aliphatic carbocycles. The van der Waals surface area contributed by atoms with Gasteiger partial charge in [0.25, 0.3) is 5.91 Å². The van der Waals surface area contributed by atoms with Gasteiger partial charge in [-0.15, -0.1) is 0 Å². The van der Waals surface area contributed by atoms with Gasteiger partial charge in [0.1, 0.15) is 12.4 Å². The maximum Gasteiger partial charge on any atom is 0.254 e. The van der Waals surface area contributed by atoms with Crippen molar-refractivity contribution in [3.05, 3.63) is 65.7 Å². The molecule has 1 fully saturated rings. The zero-order valence-corrected chi connectivity index (χ0v) is 13.4. The van der Waals surface area contributed by atoms with Crippen LogP contribution in [-0.4, -0.2) is 37.0 Å². The third-order valence-corrected chi connectivity index (χ3v) is 4.23. The van der Waals surface area contributed by atoms with E-state index in [0.29, 0.717) is 12.2 Å². The van der Waals surface area contributed by atoms with E-state index in [2.05, 4.69) is 5.32 Å². The molecule has 0 radical (unpaired) electrons. The van der Waals surface area contributed by atoms with Crippen molar-refractivity contribution in [1.29, 1.82) is 0 Å². The third kappa shape index (κ3) is 3.90. The zero-order chi connectivity index (χ0) is 16.1. The maximum atomic E-state index is 12.6. The minimum absolute atomic E-state index is 0.0452. The van der Waals surface area contributed by atoms with Gasteiger partial charge in [0.15, 0.2) is 0 Å². The standard InChI is InChI=1S/C19H22N2O2/c1-21(17-10-11-20-13-17)19(22)16-8-5-9-18(12-16)23-14-15-6-3-2-4-7-15/h2-9,12,17,20H,10-11,13-14H2,1H3/t17-/m1/s1. The first-order valence-electron chi connectivity index (χ1n) is 7.99. The van der Waals surface area contributed by atoms with Crippen molar-refractivity contribution in [2.24, 2.45) is 0 Å². The van der Waals surface area contributed by atoms with E-state index in [1.165, 1.54) is 0 Å². The van der Waals surface area contributed by atoms with Crippen molar-refractivity contribution in [1.82, 2.24) is 10.2 Å². The highest BCUT2D eigenvalue weighted by molar-refractivity contribution is 5.94. The van der Waals surface area contributed by atoms with Crippen LogP contribution in [0.25, 0.3) is 0 Å². The van der Waals surface area contributed by atoms with Crippen molar-refractivity contribution in [2.45, 2.75) is 19.1 Å². The number of ether oxygens (including phenoxy) is 1.